The highest BCUT2D eigenvalue weighted by Gasteiger charge is 1.97. The van der Waals surface area contributed by atoms with E-state index in [-0.39, 0.29) is 5.91 Å². The average molecular weight is 294 g/mol. The monoisotopic (exact) mass is 294 g/mol. The Balaban J connectivity index is 1.78. The molecule has 0 heterocycles. The number of carbonyl (C=O) groups excluding carboxylic acids is 1. The van der Waals surface area contributed by atoms with Crippen LogP contribution in [0.4, 0.5) is 5.69 Å². The van der Waals surface area contributed by atoms with Gasteiger partial charge in [0.05, 0.1) is 0 Å². The molecule has 0 unspecified atom stereocenters. The predicted molar refractivity (Wildman–Crippen MR) is 93.0 cm³/mol. The van der Waals surface area contributed by atoms with Crippen LogP contribution in [0.15, 0.2) is 60.7 Å². The lowest BCUT2D eigenvalue weighted by molar-refractivity contribution is -0.116. The van der Waals surface area contributed by atoms with Crippen molar-refractivity contribution < 1.29 is 4.79 Å². The number of anilines is 1. The number of hydrogen-bond acceptors (Lipinski definition) is 2. The Morgan fingerprint density at radius 1 is 1.05 bits per heavy atom. The molecule has 3 nitrogen and oxygen atoms in total. The number of rotatable bonds is 6. The summed E-state index contributed by atoms with van der Waals surface area (Å²) in [4.78, 5) is 13.8. The van der Waals surface area contributed by atoms with Gasteiger partial charge in [0.25, 0.3) is 0 Å². The van der Waals surface area contributed by atoms with E-state index in [0.29, 0.717) is 6.54 Å². The van der Waals surface area contributed by atoms with Crippen molar-refractivity contribution in [2.24, 2.45) is 0 Å². The highest BCUT2D eigenvalue weighted by atomic mass is 16.1. The Labute approximate surface area is 132 Å². The largest absolute Gasteiger partial charge is 0.378 e. The van der Waals surface area contributed by atoms with Gasteiger partial charge < -0.3 is 10.2 Å². The number of hydrogen-bond donors (Lipinski definition) is 1. The number of nitrogens with one attached hydrogen (secondary N) is 1. The fourth-order valence-corrected chi connectivity index (χ4v) is 2.09. The standard InChI is InChI=1S/C19H22N2O/c1-21(2)18-11-8-17(9-12-18)10-13-19(22)20-15-14-16-6-4-3-5-7-16/h3-13H,14-15H2,1-2H3,(H,20,22)/b13-10+. The zero-order valence-electron chi connectivity index (χ0n) is 13.1. The van der Waals surface area contributed by atoms with E-state index >= 15 is 0 Å². The topological polar surface area (TPSA) is 32.3 Å². The molecule has 3 heteroatoms. The molecule has 0 saturated heterocycles. The third-order valence-electron chi connectivity index (χ3n) is 3.39. The molecule has 2 rings (SSSR count). The van der Waals surface area contributed by atoms with Crippen LogP contribution < -0.4 is 10.2 Å². The predicted octanol–water partition coefficient (Wildman–Crippen LogP) is 3.12. The number of amides is 1. The van der Waals surface area contributed by atoms with Crippen LogP contribution in [0.5, 0.6) is 0 Å². The van der Waals surface area contributed by atoms with Crippen LogP contribution in [-0.2, 0) is 11.2 Å². The molecule has 114 valence electrons. The Kier molecular flexibility index (Phi) is 5.78. The molecule has 0 atom stereocenters. The second-order valence-electron chi connectivity index (χ2n) is 5.35. The van der Waals surface area contributed by atoms with Gasteiger partial charge in [0.15, 0.2) is 0 Å². The van der Waals surface area contributed by atoms with Gasteiger partial charge in [-0.15, -0.1) is 0 Å². The summed E-state index contributed by atoms with van der Waals surface area (Å²) < 4.78 is 0. The van der Waals surface area contributed by atoms with Gasteiger partial charge in [-0.25, -0.2) is 0 Å². The van der Waals surface area contributed by atoms with E-state index in [1.165, 1.54) is 5.56 Å². The summed E-state index contributed by atoms with van der Waals surface area (Å²) in [5.41, 5.74) is 3.39. The lowest BCUT2D eigenvalue weighted by atomic mass is 10.1. The maximum atomic E-state index is 11.8. The van der Waals surface area contributed by atoms with Crippen LogP contribution in [0.1, 0.15) is 11.1 Å². The molecule has 2 aromatic carbocycles. The van der Waals surface area contributed by atoms with Crippen molar-refractivity contribution in [2.75, 3.05) is 25.5 Å². The van der Waals surface area contributed by atoms with Gasteiger partial charge in [-0.3, -0.25) is 4.79 Å². The van der Waals surface area contributed by atoms with Crippen LogP contribution in [0.2, 0.25) is 0 Å². The molecule has 0 aromatic heterocycles. The minimum Gasteiger partial charge on any atom is -0.378 e. The van der Waals surface area contributed by atoms with Gasteiger partial charge in [0.2, 0.25) is 5.91 Å². The molecule has 0 saturated carbocycles. The minimum atomic E-state index is -0.0624. The van der Waals surface area contributed by atoms with Gasteiger partial charge in [0, 0.05) is 32.4 Å². The molecule has 2 aromatic rings. The van der Waals surface area contributed by atoms with Gasteiger partial charge in [-0.05, 0) is 35.8 Å². The van der Waals surface area contributed by atoms with E-state index in [4.69, 9.17) is 0 Å². The fraction of sp³-hybridized carbons (Fsp3) is 0.211. The Morgan fingerprint density at radius 3 is 2.36 bits per heavy atom. The summed E-state index contributed by atoms with van der Waals surface area (Å²) in [5.74, 6) is -0.0624. The van der Waals surface area contributed by atoms with Crippen molar-refractivity contribution in [3.63, 3.8) is 0 Å². The number of nitrogens with zero attached hydrogens (tertiary/aromatic N) is 1. The molecule has 0 radical (unpaired) electrons. The van der Waals surface area contributed by atoms with Gasteiger partial charge >= 0.3 is 0 Å². The summed E-state index contributed by atoms with van der Waals surface area (Å²) in [6.45, 7) is 0.646. The van der Waals surface area contributed by atoms with Crippen molar-refractivity contribution in [3.05, 3.63) is 71.8 Å². The van der Waals surface area contributed by atoms with Crippen molar-refractivity contribution in [2.45, 2.75) is 6.42 Å². The summed E-state index contributed by atoms with van der Waals surface area (Å²) in [7, 11) is 4.01. The zero-order chi connectivity index (χ0) is 15.8. The Morgan fingerprint density at radius 2 is 1.73 bits per heavy atom. The van der Waals surface area contributed by atoms with Crippen molar-refractivity contribution in [3.8, 4) is 0 Å². The van der Waals surface area contributed by atoms with Crippen molar-refractivity contribution in [1.29, 1.82) is 0 Å². The normalized spacial score (nSPS) is 10.6. The van der Waals surface area contributed by atoms with Crippen LogP contribution in [0, 0.1) is 0 Å². The number of carbonyl (C=O) groups is 1. The van der Waals surface area contributed by atoms with Crippen LogP contribution >= 0.6 is 0 Å². The molecule has 22 heavy (non-hydrogen) atoms. The molecular weight excluding hydrogens is 272 g/mol. The summed E-state index contributed by atoms with van der Waals surface area (Å²) in [6, 6.07) is 18.2. The molecular formula is C19H22N2O. The first-order chi connectivity index (χ1) is 10.6. The molecule has 0 fully saturated rings. The fourth-order valence-electron chi connectivity index (χ4n) is 2.09. The van der Waals surface area contributed by atoms with Crippen LogP contribution in [0.3, 0.4) is 0 Å². The van der Waals surface area contributed by atoms with Crippen LogP contribution in [0.25, 0.3) is 6.08 Å². The maximum absolute atomic E-state index is 11.8. The summed E-state index contributed by atoms with van der Waals surface area (Å²) in [6.07, 6.45) is 4.25. The van der Waals surface area contributed by atoms with Crippen molar-refractivity contribution in [1.82, 2.24) is 5.32 Å². The third kappa shape index (κ3) is 5.09. The molecule has 0 aliphatic carbocycles. The van der Waals surface area contributed by atoms with E-state index < -0.39 is 0 Å². The second kappa shape index (κ2) is 8.03. The molecule has 1 N–H and O–H groups in total. The molecule has 0 aliphatic rings. The van der Waals surface area contributed by atoms with Crippen molar-refractivity contribution >= 4 is 17.7 Å². The maximum Gasteiger partial charge on any atom is 0.244 e. The quantitative estimate of drug-likeness (QED) is 0.830. The van der Waals surface area contributed by atoms with E-state index in [9.17, 15) is 4.79 Å². The zero-order valence-corrected chi connectivity index (χ0v) is 13.1. The SMILES string of the molecule is CN(C)c1ccc(/C=C/C(=O)NCCc2ccccc2)cc1. The molecule has 0 spiro atoms. The summed E-state index contributed by atoms with van der Waals surface area (Å²) >= 11 is 0. The highest BCUT2D eigenvalue weighted by molar-refractivity contribution is 5.91. The smallest absolute Gasteiger partial charge is 0.244 e. The first kappa shape index (κ1) is 15.8. The highest BCUT2D eigenvalue weighted by Crippen LogP contribution is 2.12. The molecule has 0 aliphatic heterocycles. The minimum absolute atomic E-state index is 0.0624. The van der Waals surface area contributed by atoms with E-state index in [1.807, 2.05) is 67.5 Å². The van der Waals surface area contributed by atoms with E-state index in [1.54, 1.807) is 6.08 Å². The van der Waals surface area contributed by atoms with Crippen LogP contribution in [-0.4, -0.2) is 26.5 Å². The Hall–Kier alpha value is -2.55. The second-order valence-corrected chi connectivity index (χ2v) is 5.35. The lowest BCUT2D eigenvalue weighted by Gasteiger charge is -2.11. The molecule has 1 amide bonds. The average Bonchev–Trinajstić information content (AvgIpc) is 2.54. The van der Waals surface area contributed by atoms with Gasteiger partial charge in [0.1, 0.15) is 0 Å². The van der Waals surface area contributed by atoms with Gasteiger partial charge in [-0.2, -0.15) is 0 Å². The third-order valence-corrected chi connectivity index (χ3v) is 3.39. The first-order valence-corrected chi connectivity index (χ1v) is 7.42. The first-order valence-electron chi connectivity index (χ1n) is 7.42. The van der Waals surface area contributed by atoms with E-state index in [0.717, 1.165) is 17.7 Å². The molecule has 0 bridgehead atoms. The van der Waals surface area contributed by atoms with Gasteiger partial charge in [-0.1, -0.05) is 42.5 Å². The Bertz CT molecular complexity index is 616. The summed E-state index contributed by atoms with van der Waals surface area (Å²) in [5, 5.41) is 2.90. The number of benzene rings is 2. The lowest BCUT2D eigenvalue weighted by Crippen LogP contribution is -2.23. The van der Waals surface area contributed by atoms with E-state index in [2.05, 4.69) is 17.4 Å².